The van der Waals surface area contributed by atoms with Crippen molar-refractivity contribution in [3.63, 3.8) is 0 Å². The van der Waals surface area contributed by atoms with E-state index in [4.69, 9.17) is 22.5 Å². The number of nitrogens with two attached hydrogens (primary N) is 1. The van der Waals surface area contributed by atoms with Crippen molar-refractivity contribution in [2.45, 2.75) is 40.7 Å². The molecule has 21 heavy (non-hydrogen) atoms. The van der Waals surface area contributed by atoms with Crippen molar-refractivity contribution in [2.75, 3.05) is 5.32 Å². The second-order valence-corrected chi connectivity index (χ2v) is 5.54. The highest BCUT2D eigenvalue weighted by Gasteiger charge is 2.20. The number of thiocarbonyl (C=S) groups is 1. The smallest absolute Gasteiger partial charge is 0.159 e. The molecule has 0 bridgehead atoms. The summed E-state index contributed by atoms with van der Waals surface area (Å²) < 4.78 is 5.20. The van der Waals surface area contributed by atoms with Crippen LogP contribution in [-0.2, 0) is 0 Å². The van der Waals surface area contributed by atoms with Crippen molar-refractivity contribution in [1.29, 1.82) is 0 Å². The van der Waals surface area contributed by atoms with Crippen molar-refractivity contribution in [3.05, 3.63) is 33.8 Å². The van der Waals surface area contributed by atoms with Crippen molar-refractivity contribution >= 4 is 23.0 Å². The monoisotopic (exact) mass is 305 g/mol. The van der Waals surface area contributed by atoms with Crippen molar-refractivity contribution < 1.29 is 4.52 Å². The van der Waals surface area contributed by atoms with Crippen LogP contribution in [-0.4, -0.2) is 20.3 Å². The average molecular weight is 305 g/mol. The molecule has 2 aromatic heterocycles. The highest BCUT2D eigenvalue weighted by Crippen LogP contribution is 2.26. The number of nitrogens with one attached hydrogen (secondary N) is 1. The molecule has 2 aromatic rings. The molecule has 0 spiro atoms. The van der Waals surface area contributed by atoms with Gasteiger partial charge in [0.1, 0.15) is 10.7 Å². The molecule has 1 atom stereocenters. The maximum absolute atomic E-state index is 5.83. The predicted octanol–water partition coefficient (Wildman–Crippen LogP) is 2.51. The van der Waals surface area contributed by atoms with E-state index in [1.807, 2.05) is 34.6 Å². The molecule has 0 fully saturated rings. The average Bonchev–Trinajstić information content (AvgIpc) is 2.73. The number of aromatic nitrogens is 3. The minimum atomic E-state index is -0.0410. The summed E-state index contributed by atoms with van der Waals surface area (Å²) >= 11 is 5.14. The maximum atomic E-state index is 5.83. The van der Waals surface area contributed by atoms with Gasteiger partial charge in [-0.05, 0) is 40.2 Å². The SMILES string of the molecule is Cc1nnc(NC(C)c2c(C)noc2C)c(C(N)=S)c1C. The summed E-state index contributed by atoms with van der Waals surface area (Å²) in [7, 11) is 0. The minimum absolute atomic E-state index is 0.0410. The Balaban J connectivity index is 2.40. The van der Waals surface area contributed by atoms with Crippen LogP contribution in [0.5, 0.6) is 0 Å². The standard InChI is InChI=1S/C14H19N5OS/c1-6-7(2)17-18-14(11(6)13(15)21)16-8(3)12-9(4)19-20-10(12)5/h8H,1-5H3,(H2,15,21)(H,16,18). The number of hydrogen-bond acceptors (Lipinski definition) is 6. The fraction of sp³-hybridized carbons (Fsp3) is 0.429. The predicted molar refractivity (Wildman–Crippen MR) is 85.4 cm³/mol. The fourth-order valence-electron chi connectivity index (χ4n) is 2.40. The van der Waals surface area contributed by atoms with Gasteiger partial charge in [0.05, 0.1) is 23.0 Å². The van der Waals surface area contributed by atoms with Crippen LogP contribution in [0.2, 0.25) is 0 Å². The van der Waals surface area contributed by atoms with Crippen LogP contribution in [0, 0.1) is 27.7 Å². The van der Waals surface area contributed by atoms with E-state index in [0.29, 0.717) is 10.8 Å². The highest BCUT2D eigenvalue weighted by molar-refractivity contribution is 7.80. The lowest BCUT2D eigenvalue weighted by Crippen LogP contribution is -2.19. The zero-order valence-electron chi connectivity index (χ0n) is 12.8. The Morgan fingerprint density at radius 1 is 1.19 bits per heavy atom. The molecule has 0 amide bonds. The lowest BCUT2D eigenvalue weighted by atomic mass is 10.1. The van der Waals surface area contributed by atoms with Gasteiger partial charge in [-0.1, -0.05) is 17.4 Å². The first-order valence-electron chi connectivity index (χ1n) is 6.66. The van der Waals surface area contributed by atoms with E-state index in [-0.39, 0.29) is 6.04 Å². The molecule has 0 saturated heterocycles. The van der Waals surface area contributed by atoms with Crippen LogP contribution < -0.4 is 11.1 Å². The molecule has 0 saturated carbocycles. The molecular weight excluding hydrogens is 286 g/mol. The maximum Gasteiger partial charge on any atom is 0.159 e. The molecule has 7 heteroatoms. The molecule has 0 aliphatic carbocycles. The van der Waals surface area contributed by atoms with Crippen LogP contribution in [0.1, 0.15) is 46.8 Å². The molecular formula is C14H19N5OS. The van der Waals surface area contributed by atoms with Gasteiger partial charge < -0.3 is 15.6 Å². The molecule has 0 radical (unpaired) electrons. The second kappa shape index (κ2) is 5.77. The summed E-state index contributed by atoms with van der Waals surface area (Å²) in [6.07, 6.45) is 0. The van der Waals surface area contributed by atoms with Gasteiger partial charge in [0.25, 0.3) is 0 Å². The van der Waals surface area contributed by atoms with Crippen molar-refractivity contribution in [2.24, 2.45) is 5.73 Å². The summed E-state index contributed by atoms with van der Waals surface area (Å²) in [5, 5.41) is 15.6. The molecule has 3 N–H and O–H groups in total. The Morgan fingerprint density at radius 2 is 1.86 bits per heavy atom. The normalized spacial score (nSPS) is 12.2. The molecule has 0 aliphatic rings. The third-order valence-electron chi connectivity index (χ3n) is 3.58. The summed E-state index contributed by atoms with van der Waals surface area (Å²) in [4.78, 5) is 0.305. The molecule has 2 heterocycles. The van der Waals surface area contributed by atoms with Gasteiger partial charge in [-0.15, -0.1) is 5.10 Å². The van der Waals surface area contributed by atoms with Crippen LogP contribution >= 0.6 is 12.2 Å². The van der Waals surface area contributed by atoms with E-state index in [1.54, 1.807) is 0 Å². The Kier molecular flexibility index (Phi) is 4.22. The van der Waals surface area contributed by atoms with E-state index in [1.165, 1.54) is 0 Å². The largest absolute Gasteiger partial charge is 0.389 e. The first kappa shape index (κ1) is 15.4. The third kappa shape index (κ3) is 2.87. The molecule has 0 aliphatic heterocycles. The van der Waals surface area contributed by atoms with Gasteiger partial charge in [0, 0.05) is 5.56 Å². The fourth-order valence-corrected chi connectivity index (χ4v) is 2.65. The Hall–Kier alpha value is -2.02. The van der Waals surface area contributed by atoms with Gasteiger partial charge in [0.15, 0.2) is 5.82 Å². The molecule has 6 nitrogen and oxygen atoms in total. The van der Waals surface area contributed by atoms with Crippen LogP contribution in [0.15, 0.2) is 4.52 Å². The number of hydrogen-bond donors (Lipinski definition) is 2. The van der Waals surface area contributed by atoms with Gasteiger partial charge in [-0.2, -0.15) is 5.10 Å². The first-order chi connectivity index (χ1) is 9.82. The van der Waals surface area contributed by atoms with Crippen LogP contribution in [0.3, 0.4) is 0 Å². The van der Waals surface area contributed by atoms with Gasteiger partial charge in [-0.25, -0.2) is 0 Å². The van der Waals surface area contributed by atoms with Gasteiger partial charge in [-0.3, -0.25) is 0 Å². The van der Waals surface area contributed by atoms with E-state index in [2.05, 4.69) is 20.7 Å². The van der Waals surface area contributed by atoms with Gasteiger partial charge >= 0.3 is 0 Å². The Bertz CT molecular complexity index is 675. The van der Waals surface area contributed by atoms with Crippen LogP contribution in [0.25, 0.3) is 0 Å². The van der Waals surface area contributed by atoms with Gasteiger partial charge in [0.2, 0.25) is 0 Å². The highest BCUT2D eigenvalue weighted by atomic mass is 32.1. The summed E-state index contributed by atoms with van der Waals surface area (Å²) in [5.74, 6) is 1.36. The molecule has 2 rings (SSSR count). The quantitative estimate of drug-likeness (QED) is 0.839. The first-order valence-corrected chi connectivity index (χ1v) is 7.06. The summed E-state index contributed by atoms with van der Waals surface area (Å²) in [6.45, 7) is 9.61. The number of anilines is 1. The zero-order chi connectivity index (χ0) is 15.7. The molecule has 0 aromatic carbocycles. The minimum Gasteiger partial charge on any atom is -0.389 e. The summed E-state index contributed by atoms with van der Waals surface area (Å²) in [6, 6.07) is -0.0410. The van der Waals surface area contributed by atoms with Crippen molar-refractivity contribution in [1.82, 2.24) is 15.4 Å². The van der Waals surface area contributed by atoms with E-state index in [9.17, 15) is 0 Å². The second-order valence-electron chi connectivity index (χ2n) is 5.10. The topological polar surface area (TPSA) is 89.9 Å². The molecule has 1 unspecified atom stereocenters. The molecule has 112 valence electrons. The zero-order valence-corrected chi connectivity index (χ0v) is 13.6. The number of nitrogens with zero attached hydrogens (tertiary/aromatic N) is 3. The van der Waals surface area contributed by atoms with E-state index >= 15 is 0 Å². The third-order valence-corrected chi connectivity index (χ3v) is 3.78. The van der Waals surface area contributed by atoms with E-state index < -0.39 is 0 Å². The van der Waals surface area contributed by atoms with Crippen LogP contribution in [0.4, 0.5) is 5.82 Å². The van der Waals surface area contributed by atoms with E-state index in [0.717, 1.165) is 33.8 Å². The number of rotatable bonds is 4. The number of aryl methyl sites for hydroxylation is 3. The Morgan fingerprint density at radius 3 is 2.38 bits per heavy atom. The lowest BCUT2D eigenvalue weighted by molar-refractivity contribution is 0.392. The lowest BCUT2D eigenvalue weighted by Gasteiger charge is -2.18. The summed E-state index contributed by atoms with van der Waals surface area (Å²) in [5.41, 5.74) is 10.2. The Labute approximate surface area is 129 Å². The van der Waals surface area contributed by atoms with Crippen molar-refractivity contribution in [3.8, 4) is 0 Å².